The Bertz CT molecular complexity index is 1310. The van der Waals surface area contributed by atoms with Crippen LogP contribution in [0, 0.1) is 6.92 Å². The third kappa shape index (κ3) is 5.44. The zero-order valence-corrected chi connectivity index (χ0v) is 18.2. The Kier molecular flexibility index (Phi) is 6.37. The van der Waals surface area contributed by atoms with Crippen LogP contribution in [0.25, 0.3) is 5.82 Å². The van der Waals surface area contributed by atoms with Gasteiger partial charge in [0.25, 0.3) is 0 Å². The van der Waals surface area contributed by atoms with Crippen LogP contribution in [-0.2, 0) is 6.18 Å². The zero-order chi connectivity index (χ0) is 24.3. The maximum absolute atomic E-state index is 13.0. The molecule has 4 aromatic rings. The number of ether oxygens (including phenoxy) is 1. The number of alkyl halides is 3. The summed E-state index contributed by atoms with van der Waals surface area (Å²) in [5.74, 6) is 2.07. The van der Waals surface area contributed by atoms with Crippen LogP contribution >= 0.6 is 11.6 Å². The molecule has 2 N–H and O–H groups in total. The molecule has 12 heteroatoms. The SMILES string of the molecule is Cc1nccn1-c1ccc(Oc2ccc(NC(=O)Nc3ccc(Cl)c(C(F)(F)F)c3)cc2)nn1. The Balaban J connectivity index is 1.36. The van der Waals surface area contributed by atoms with E-state index in [0.717, 1.165) is 18.0 Å². The van der Waals surface area contributed by atoms with Gasteiger partial charge >= 0.3 is 12.2 Å². The minimum Gasteiger partial charge on any atom is -0.438 e. The van der Waals surface area contributed by atoms with Crippen LogP contribution in [0.2, 0.25) is 5.02 Å². The number of nitrogens with zero attached hydrogens (tertiary/aromatic N) is 4. The molecule has 34 heavy (non-hydrogen) atoms. The van der Waals surface area contributed by atoms with Crippen molar-refractivity contribution in [2.75, 3.05) is 10.6 Å². The van der Waals surface area contributed by atoms with Crippen molar-refractivity contribution >= 4 is 29.0 Å². The molecule has 4 rings (SSSR count). The fourth-order valence-electron chi connectivity index (χ4n) is 2.96. The van der Waals surface area contributed by atoms with Gasteiger partial charge in [-0.2, -0.15) is 13.2 Å². The summed E-state index contributed by atoms with van der Waals surface area (Å²) in [7, 11) is 0. The van der Waals surface area contributed by atoms with Crippen molar-refractivity contribution in [1.82, 2.24) is 19.7 Å². The number of urea groups is 1. The van der Waals surface area contributed by atoms with Crippen LogP contribution in [0.5, 0.6) is 11.6 Å². The number of carbonyl (C=O) groups excluding carboxylic acids is 1. The van der Waals surface area contributed by atoms with Gasteiger partial charge < -0.3 is 15.4 Å². The lowest BCUT2D eigenvalue weighted by atomic mass is 10.2. The normalized spacial score (nSPS) is 11.2. The van der Waals surface area contributed by atoms with Gasteiger partial charge in [-0.05, 0) is 55.5 Å². The lowest BCUT2D eigenvalue weighted by Crippen LogP contribution is -2.19. The third-order valence-electron chi connectivity index (χ3n) is 4.56. The fraction of sp³-hybridized carbons (Fsp3) is 0.0909. The predicted octanol–water partition coefficient (Wildman–Crippen LogP) is 6.08. The van der Waals surface area contributed by atoms with E-state index in [1.165, 1.54) is 6.07 Å². The summed E-state index contributed by atoms with van der Waals surface area (Å²) in [4.78, 5) is 16.3. The number of rotatable bonds is 5. The van der Waals surface area contributed by atoms with E-state index in [9.17, 15) is 18.0 Å². The molecule has 0 fully saturated rings. The zero-order valence-electron chi connectivity index (χ0n) is 17.5. The van der Waals surface area contributed by atoms with Gasteiger partial charge in [0, 0.05) is 29.8 Å². The van der Waals surface area contributed by atoms with Gasteiger partial charge in [-0.25, -0.2) is 9.78 Å². The molecule has 0 atom stereocenters. The average Bonchev–Trinajstić information content (AvgIpc) is 3.22. The van der Waals surface area contributed by atoms with E-state index in [-0.39, 0.29) is 11.6 Å². The van der Waals surface area contributed by atoms with E-state index in [1.54, 1.807) is 53.4 Å². The van der Waals surface area contributed by atoms with Gasteiger partial charge in [-0.1, -0.05) is 11.6 Å². The van der Waals surface area contributed by atoms with Gasteiger partial charge in [0.15, 0.2) is 5.82 Å². The minimum absolute atomic E-state index is 0.0536. The molecule has 174 valence electrons. The van der Waals surface area contributed by atoms with Crippen molar-refractivity contribution in [1.29, 1.82) is 0 Å². The highest BCUT2D eigenvalue weighted by Crippen LogP contribution is 2.36. The Morgan fingerprint density at radius 1 is 1.00 bits per heavy atom. The van der Waals surface area contributed by atoms with Crippen molar-refractivity contribution < 1.29 is 22.7 Å². The minimum atomic E-state index is -4.63. The molecule has 0 saturated carbocycles. The van der Waals surface area contributed by atoms with E-state index in [2.05, 4.69) is 25.8 Å². The summed E-state index contributed by atoms with van der Waals surface area (Å²) < 4.78 is 46.3. The van der Waals surface area contributed by atoms with Crippen LogP contribution in [0.4, 0.5) is 29.3 Å². The Morgan fingerprint density at radius 3 is 2.32 bits per heavy atom. The van der Waals surface area contributed by atoms with Gasteiger partial charge in [-0.15, -0.1) is 10.2 Å². The molecule has 0 aliphatic heterocycles. The first-order valence-corrected chi connectivity index (χ1v) is 10.1. The Hall–Kier alpha value is -4.12. The lowest BCUT2D eigenvalue weighted by Gasteiger charge is -2.12. The van der Waals surface area contributed by atoms with E-state index < -0.39 is 22.8 Å². The number of aromatic nitrogens is 4. The molecular formula is C22H16ClF3N6O2. The molecule has 0 aliphatic rings. The fourth-order valence-corrected chi connectivity index (χ4v) is 3.18. The highest BCUT2D eigenvalue weighted by molar-refractivity contribution is 6.31. The molecule has 2 amide bonds. The lowest BCUT2D eigenvalue weighted by molar-refractivity contribution is -0.137. The highest BCUT2D eigenvalue weighted by Gasteiger charge is 2.33. The number of benzene rings is 2. The maximum atomic E-state index is 13.0. The standard InChI is InChI=1S/C22H16ClF3N6O2/c1-13-27-10-11-32(13)19-8-9-20(31-30-19)34-16-5-2-14(3-6-16)28-21(33)29-15-4-7-18(23)17(12-15)22(24,25)26/h2-12H,1H3,(H2,28,29,33). The summed E-state index contributed by atoms with van der Waals surface area (Å²) in [6, 6.07) is 12.1. The highest BCUT2D eigenvalue weighted by atomic mass is 35.5. The van der Waals surface area contributed by atoms with E-state index in [1.807, 2.05) is 6.92 Å². The topological polar surface area (TPSA) is 94.0 Å². The average molecular weight is 489 g/mol. The first kappa shape index (κ1) is 23.1. The number of imidazole rings is 1. The second-order valence-electron chi connectivity index (χ2n) is 6.97. The number of nitrogens with one attached hydrogen (secondary N) is 2. The summed E-state index contributed by atoms with van der Waals surface area (Å²) in [6.07, 6.45) is -1.21. The molecule has 2 aromatic carbocycles. The van der Waals surface area contributed by atoms with Crippen LogP contribution in [0.15, 0.2) is 67.0 Å². The van der Waals surface area contributed by atoms with Crippen LogP contribution in [-0.4, -0.2) is 25.8 Å². The second-order valence-corrected chi connectivity index (χ2v) is 7.38. The largest absolute Gasteiger partial charge is 0.438 e. The number of anilines is 2. The number of aryl methyl sites for hydroxylation is 1. The molecule has 8 nitrogen and oxygen atoms in total. The molecule has 2 aromatic heterocycles. The molecule has 0 unspecified atom stereocenters. The molecule has 0 saturated heterocycles. The van der Waals surface area contributed by atoms with Gasteiger partial charge in [0.2, 0.25) is 5.88 Å². The first-order chi connectivity index (χ1) is 16.2. The second kappa shape index (κ2) is 9.40. The number of carbonyl (C=O) groups is 1. The summed E-state index contributed by atoms with van der Waals surface area (Å²) in [6.45, 7) is 1.84. The summed E-state index contributed by atoms with van der Waals surface area (Å²) in [5.41, 5.74) is -0.696. The first-order valence-electron chi connectivity index (χ1n) is 9.76. The van der Waals surface area contributed by atoms with Gasteiger partial charge in [0.1, 0.15) is 11.6 Å². The molecule has 0 spiro atoms. The Morgan fingerprint density at radius 2 is 1.71 bits per heavy atom. The van der Waals surface area contributed by atoms with E-state index in [4.69, 9.17) is 16.3 Å². The number of halogens is 4. The Labute approximate surface area is 196 Å². The molecule has 0 radical (unpaired) electrons. The number of amides is 2. The number of hydrogen-bond acceptors (Lipinski definition) is 5. The quantitative estimate of drug-likeness (QED) is 0.355. The third-order valence-corrected chi connectivity index (χ3v) is 4.89. The van der Waals surface area contributed by atoms with Crippen molar-refractivity contribution in [3.05, 3.63) is 83.4 Å². The van der Waals surface area contributed by atoms with Crippen molar-refractivity contribution in [3.8, 4) is 17.4 Å². The van der Waals surface area contributed by atoms with Crippen LogP contribution in [0.3, 0.4) is 0 Å². The van der Waals surface area contributed by atoms with Gasteiger partial charge in [0.05, 0.1) is 10.6 Å². The summed E-state index contributed by atoms with van der Waals surface area (Å²) >= 11 is 5.59. The molecule has 2 heterocycles. The van der Waals surface area contributed by atoms with Crippen molar-refractivity contribution in [2.45, 2.75) is 13.1 Å². The van der Waals surface area contributed by atoms with Crippen LogP contribution in [0.1, 0.15) is 11.4 Å². The van der Waals surface area contributed by atoms with Crippen molar-refractivity contribution in [2.24, 2.45) is 0 Å². The summed E-state index contributed by atoms with van der Waals surface area (Å²) in [5, 5.41) is 12.5. The molecule has 0 bridgehead atoms. The predicted molar refractivity (Wildman–Crippen MR) is 120 cm³/mol. The molecular weight excluding hydrogens is 473 g/mol. The number of hydrogen-bond donors (Lipinski definition) is 2. The smallest absolute Gasteiger partial charge is 0.417 e. The van der Waals surface area contributed by atoms with E-state index >= 15 is 0 Å². The maximum Gasteiger partial charge on any atom is 0.417 e. The van der Waals surface area contributed by atoms with Crippen molar-refractivity contribution in [3.63, 3.8) is 0 Å². The molecule has 0 aliphatic carbocycles. The van der Waals surface area contributed by atoms with E-state index in [0.29, 0.717) is 17.3 Å². The van der Waals surface area contributed by atoms with Crippen LogP contribution < -0.4 is 15.4 Å². The van der Waals surface area contributed by atoms with Gasteiger partial charge in [-0.3, -0.25) is 4.57 Å². The monoisotopic (exact) mass is 488 g/mol.